The van der Waals surface area contributed by atoms with Crippen LogP contribution in [0.25, 0.3) is 0 Å². The van der Waals surface area contributed by atoms with E-state index in [1.165, 1.54) is 0 Å². The van der Waals surface area contributed by atoms with Crippen LogP contribution in [0.2, 0.25) is 10.0 Å². The van der Waals surface area contributed by atoms with Gasteiger partial charge in [-0.2, -0.15) is 0 Å². The van der Waals surface area contributed by atoms with Crippen LogP contribution < -0.4 is 27.4 Å². The molecular weight excluding hydrogens is 633 g/mol. The average Bonchev–Trinajstić information content (AvgIpc) is 2.96. The van der Waals surface area contributed by atoms with Crippen LogP contribution in [-0.2, 0) is 30.4 Å². The van der Waals surface area contributed by atoms with Crippen molar-refractivity contribution in [2.75, 3.05) is 17.6 Å². The van der Waals surface area contributed by atoms with Crippen LogP contribution in [0.3, 0.4) is 0 Å². The summed E-state index contributed by atoms with van der Waals surface area (Å²) in [7, 11) is 0. The fourth-order valence-electron chi connectivity index (χ4n) is 4.06. The Balaban J connectivity index is 2.14. The van der Waals surface area contributed by atoms with E-state index in [4.69, 9.17) is 39.8 Å². The number of rotatable bonds is 19. The lowest BCUT2D eigenvalue weighted by Crippen LogP contribution is -2.51. The van der Waals surface area contributed by atoms with E-state index in [1.54, 1.807) is 42.5 Å². The van der Waals surface area contributed by atoms with E-state index in [9.17, 15) is 29.1 Å². The molecule has 0 heterocycles. The molecule has 0 spiro atoms. The molecule has 2 aromatic carbocycles. The number of nitrogens with two attached hydrogens (primary N) is 2. The molecule has 0 aromatic heterocycles. The van der Waals surface area contributed by atoms with E-state index in [1.807, 2.05) is 0 Å². The molecule has 44 heavy (non-hydrogen) atoms. The van der Waals surface area contributed by atoms with E-state index in [-0.39, 0.29) is 36.6 Å². The first-order valence-corrected chi connectivity index (χ1v) is 15.6. The number of hydrogen-bond acceptors (Lipinski definition) is 9. The molecular formula is C29H37Cl2N5O7S. The van der Waals surface area contributed by atoms with Gasteiger partial charge in [0.15, 0.2) is 5.12 Å². The second kappa shape index (κ2) is 19.1. The van der Waals surface area contributed by atoms with Gasteiger partial charge in [0.2, 0.25) is 11.8 Å². The van der Waals surface area contributed by atoms with E-state index in [0.29, 0.717) is 52.8 Å². The summed E-state index contributed by atoms with van der Waals surface area (Å²) in [5.74, 6) is -3.85. The Hall–Kier alpha value is -3.36. The molecule has 15 heteroatoms. The average molecular weight is 671 g/mol. The summed E-state index contributed by atoms with van der Waals surface area (Å²) in [6.45, 7) is 0.410. The number of thioether (sulfide) groups is 1. The first-order valence-electron chi connectivity index (χ1n) is 13.9. The van der Waals surface area contributed by atoms with Gasteiger partial charge in [-0.05, 0) is 49.6 Å². The van der Waals surface area contributed by atoms with Crippen molar-refractivity contribution < 1.29 is 34.2 Å². The summed E-state index contributed by atoms with van der Waals surface area (Å²) in [5, 5.41) is 27.1. The Morgan fingerprint density at radius 1 is 0.909 bits per heavy atom. The number of hydrogen-bond donors (Lipinski definition) is 7. The number of aliphatic carboxylic acids is 2. The molecule has 12 nitrogen and oxygen atoms in total. The molecule has 0 aliphatic rings. The predicted molar refractivity (Wildman–Crippen MR) is 171 cm³/mol. The lowest BCUT2D eigenvalue weighted by Gasteiger charge is -2.23. The van der Waals surface area contributed by atoms with Gasteiger partial charge in [0, 0.05) is 30.3 Å². The number of carbonyl (C=O) groups is 5. The highest BCUT2D eigenvalue weighted by molar-refractivity contribution is 8.13. The highest BCUT2D eigenvalue weighted by atomic mass is 35.5. The van der Waals surface area contributed by atoms with Crippen LogP contribution in [0, 0.1) is 0 Å². The maximum atomic E-state index is 13.2. The van der Waals surface area contributed by atoms with Gasteiger partial charge < -0.3 is 37.6 Å². The summed E-state index contributed by atoms with van der Waals surface area (Å²) < 4.78 is 0. The lowest BCUT2D eigenvalue weighted by atomic mass is 10.1. The van der Waals surface area contributed by atoms with Gasteiger partial charge in [0.05, 0.1) is 22.2 Å². The minimum Gasteiger partial charge on any atom is -0.481 e. The van der Waals surface area contributed by atoms with Crippen molar-refractivity contribution in [2.45, 2.75) is 63.1 Å². The number of amides is 2. The van der Waals surface area contributed by atoms with Crippen molar-refractivity contribution in [1.82, 2.24) is 10.6 Å². The van der Waals surface area contributed by atoms with E-state index in [0.717, 1.165) is 11.8 Å². The number of anilines is 2. The van der Waals surface area contributed by atoms with Gasteiger partial charge >= 0.3 is 11.9 Å². The third-order valence-electron chi connectivity index (χ3n) is 6.41. The van der Waals surface area contributed by atoms with Crippen LogP contribution in [0.1, 0.15) is 44.1 Å². The van der Waals surface area contributed by atoms with Crippen molar-refractivity contribution >= 4 is 75.2 Å². The molecule has 9 N–H and O–H groups in total. The first kappa shape index (κ1) is 36.8. The third kappa shape index (κ3) is 13.1. The minimum absolute atomic E-state index is 0.0353. The summed E-state index contributed by atoms with van der Waals surface area (Å²) in [5.41, 5.74) is 12.7. The number of para-hydroxylation sites is 2. The molecule has 3 atom stereocenters. The Bertz CT molecular complexity index is 1300. The van der Waals surface area contributed by atoms with Gasteiger partial charge in [-0.15, -0.1) is 0 Å². The summed E-state index contributed by atoms with van der Waals surface area (Å²) in [6, 6.07) is 8.92. The smallest absolute Gasteiger partial charge is 0.320 e. The molecule has 0 aliphatic carbocycles. The number of carboxylic acid groups (broad SMARTS) is 2. The highest BCUT2D eigenvalue weighted by Gasteiger charge is 2.26. The third-order valence-corrected chi connectivity index (χ3v) is 8.01. The summed E-state index contributed by atoms with van der Waals surface area (Å²) in [4.78, 5) is 61.3. The van der Waals surface area contributed by atoms with Crippen LogP contribution in [-0.4, -0.2) is 69.5 Å². The second-order valence-corrected chi connectivity index (χ2v) is 11.8. The summed E-state index contributed by atoms with van der Waals surface area (Å²) in [6.07, 6.45) is 0.769. The molecule has 0 bridgehead atoms. The van der Waals surface area contributed by atoms with Crippen molar-refractivity contribution in [1.29, 1.82) is 0 Å². The molecule has 2 rings (SSSR count). The Labute approximate surface area is 269 Å². The first-order chi connectivity index (χ1) is 20.9. The van der Waals surface area contributed by atoms with Crippen LogP contribution >= 0.6 is 35.0 Å². The van der Waals surface area contributed by atoms with E-state index >= 15 is 0 Å². The largest absolute Gasteiger partial charge is 0.481 e. The fourth-order valence-corrected chi connectivity index (χ4v) is 5.40. The maximum absolute atomic E-state index is 13.2. The van der Waals surface area contributed by atoms with Crippen molar-refractivity contribution in [3.63, 3.8) is 0 Å². The quantitative estimate of drug-likeness (QED) is 0.108. The van der Waals surface area contributed by atoms with Gasteiger partial charge in [0.25, 0.3) is 0 Å². The number of carbonyl (C=O) groups excluding carboxylic acids is 3. The molecule has 0 saturated heterocycles. The van der Waals surface area contributed by atoms with Gasteiger partial charge in [-0.1, -0.05) is 65.7 Å². The number of carboxylic acids is 2. The van der Waals surface area contributed by atoms with Crippen LogP contribution in [0.15, 0.2) is 42.5 Å². The highest BCUT2D eigenvalue weighted by Crippen LogP contribution is 2.34. The minimum atomic E-state index is -1.27. The molecule has 3 unspecified atom stereocenters. The maximum Gasteiger partial charge on any atom is 0.320 e. The van der Waals surface area contributed by atoms with Crippen LogP contribution in [0.4, 0.5) is 11.4 Å². The normalized spacial score (nSPS) is 12.9. The molecule has 0 radical (unpaired) electrons. The SMILES string of the molecule is NCCCCC(CC(=O)O)NC(=O)C(CSC(=O)Cc1ccccc1Nc1c(Cl)cccc1Cl)NC(=O)CCC(N)C(=O)O. The number of benzene rings is 2. The summed E-state index contributed by atoms with van der Waals surface area (Å²) >= 11 is 13.4. The zero-order valence-electron chi connectivity index (χ0n) is 23.9. The van der Waals surface area contributed by atoms with E-state index < -0.39 is 41.9 Å². The van der Waals surface area contributed by atoms with Crippen LogP contribution in [0.5, 0.6) is 0 Å². The topological polar surface area (TPSA) is 214 Å². The van der Waals surface area contributed by atoms with Crippen molar-refractivity contribution in [3.8, 4) is 0 Å². The van der Waals surface area contributed by atoms with Gasteiger partial charge in [0.1, 0.15) is 12.1 Å². The molecule has 0 fully saturated rings. The molecule has 2 amide bonds. The zero-order chi connectivity index (χ0) is 32.6. The molecule has 2 aromatic rings. The van der Waals surface area contributed by atoms with E-state index in [2.05, 4.69) is 16.0 Å². The molecule has 0 saturated carbocycles. The monoisotopic (exact) mass is 669 g/mol. The Morgan fingerprint density at radius 2 is 1.59 bits per heavy atom. The Morgan fingerprint density at radius 3 is 2.23 bits per heavy atom. The fraction of sp³-hybridized carbons (Fsp3) is 0.414. The van der Waals surface area contributed by atoms with Crippen molar-refractivity contribution in [2.24, 2.45) is 11.5 Å². The molecule has 0 aliphatic heterocycles. The zero-order valence-corrected chi connectivity index (χ0v) is 26.2. The lowest BCUT2D eigenvalue weighted by molar-refractivity contribution is -0.140. The second-order valence-electron chi connectivity index (χ2n) is 9.93. The predicted octanol–water partition coefficient (Wildman–Crippen LogP) is 3.30. The number of unbranched alkanes of at least 4 members (excludes halogenated alkanes) is 1. The Kier molecular flexibility index (Phi) is 16.0. The standard InChI is InChI=1S/C29H37Cl2N5O7S/c30-19-8-5-9-20(31)27(19)36-22-10-2-1-6-17(22)14-26(40)44-16-23(35-24(37)12-11-21(33)29(42)43)28(41)34-18(15-25(38)39)7-3-4-13-32/h1-2,5-6,8-10,18,21,23,36H,3-4,7,11-16,32-33H2,(H,34,41)(H,35,37)(H,38,39)(H,42,43). The number of nitrogens with one attached hydrogen (secondary N) is 3. The van der Waals surface area contributed by atoms with Crippen molar-refractivity contribution in [3.05, 3.63) is 58.1 Å². The van der Waals surface area contributed by atoms with Gasteiger partial charge in [-0.25, -0.2) is 0 Å². The molecule has 240 valence electrons. The number of halogens is 2. The van der Waals surface area contributed by atoms with Gasteiger partial charge in [-0.3, -0.25) is 24.0 Å².